The maximum atomic E-state index is 12.7. The van der Waals surface area contributed by atoms with Crippen molar-refractivity contribution in [3.05, 3.63) is 96.1 Å². The summed E-state index contributed by atoms with van der Waals surface area (Å²) in [7, 11) is 0. The zero-order valence-corrected chi connectivity index (χ0v) is 22.1. The number of amides is 1. The lowest BCUT2D eigenvalue weighted by Gasteiger charge is -2.33. The van der Waals surface area contributed by atoms with Crippen LogP contribution in [0, 0.1) is 5.92 Å². The van der Waals surface area contributed by atoms with Crippen molar-refractivity contribution in [1.82, 2.24) is 4.98 Å². The number of para-hydroxylation sites is 2. The fraction of sp³-hybridized carbons (Fsp3) is 0.281. The van der Waals surface area contributed by atoms with Gasteiger partial charge in [0.15, 0.2) is 6.61 Å². The lowest BCUT2D eigenvalue weighted by atomic mass is 9.90. The van der Waals surface area contributed by atoms with Crippen LogP contribution in [0.1, 0.15) is 35.7 Å². The van der Waals surface area contributed by atoms with Crippen LogP contribution in [-0.2, 0) is 16.0 Å². The third-order valence-corrected chi connectivity index (χ3v) is 7.03. The molecule has 0 radical (unpaired) electrons. The highest BCUT2D eigenvalue weighted by Crippen LogP contribution is 2.29. The Bertz CT molecular complexity index is 1430. The smallest absolute Gasteiger partial charge is 0.340 e. The molecule has 0 saturated carbocycles. The number of rotatable bonds is 9. The summed E-state index contributed by atoms with van der Waals surface area (Å²) in [6.07, 6.45) is 3.37. The number of benzene rings is 3. The Labute approximate surface area is 228 Å². The Morgan fingerprint density at radius 1 is 0.923 bits per heavy atom. The van der Waals surface area contributed by atoms with E-state index < -0.39 is 5.97 Å². The second-order valence-electron chi connectivity index (χ2n) is 9.72. The van der Waals surface area contributed by atoms with Crippen LogP contribution in [0.5, 0.6) is 5.75 Å². The summed E-state index contributed by atoms with van der Waals surface area (Å²) < 4.78 is 11.0. The van der Waals surface area contributed by atoms with E-state index in [9.17, 15) is 9.59 Å². The number of nitrogens with zero attached hydrogens (tertiary/aromatic N) is 2. The maximum absolute atomic E-state index is 12.7. The first kappa shape index (κ1) is 26.2. The number of hydrogen-bond acceptors (Lipinski definition) is 6. The molecular weight excluding hydrogens is 490 g/mol. The molecule has 0 bridgehead atoms. The summed E-state index contributed by atoms with van der Waals surface area (Å²) in [5, 5.41) is 3.71. The Balaban J connectivity index is 1.23. The van der Waals surface area contributed by atoms with Crippen LogP contribution in [0.25, 0.3) is 10.9 Å². The topological polar surface area (TPSA) is 80.8 Å². The lowest BCUT2D eigenvalue weighted by molar-refractivity contribution is -0.118. The van der Waals surface area contributed by atoms with E-state index in [4.69, 9.17) is 14.5 Å². The minimum atomic E-state index is -0.482. The lowest BCUT2D eigenvalue weighted by Crippen LogP contribution is -2.34. The molecule has 1 amide bonds. The van der Waals surface area contributed by atoms with Crippen LogP contribution < -0.4 is 15.0 Å². The quantitative estimate of drug-likeness (QED) is 0.276. The van der Waals surface area contributed by atoms with E-state index in [1.165, 1.54) is 5.56 Å². The first-order valence-corrected chi connectivity index (χ1v) is 13.5. The number of piperidine rings is 1. The molecular formula is C32H33N3O4. The van der Waals surface area contributed by atoms with Gasteiger partial charge in [-0.25, -0.2) is 9.78 Å². The highest BCUT2D eigenvalue weighted by Gasteiger charge is 2.21. The molecule has 2 heterocycles. The molecule has 5 rings (SSSR count). The predicted molar refractivity (Wildman–Crippen MR) is 153 cm³/mol. The second kappa shape index (κ2) is 12.4. The number of hydrogen-bond donors (Lipinski definition) is 1. The summed E-state index contributed by atoms with van der Waals surface area (Å²) >= 11 is 0. The van der Waals surface area contributed by atoms with Gasteiger partial charge in [-0.1, -0.05) is 54.6 Å². The zero-order chi connectivity index (χ0) is 27.0. The minimum absolute atomic E-state index is 0.215. The number of nitrogens with one attached hydrogen (secondary N) is 1. The fourth-order valence-electron chi connectivity index (χ4n) is 5.02. The van der Waals surface area contributed by atoms with Crippen LogP contribution >= 0.6 is 0 Å². The van der Waals surface area contributed by atoms with Crippen molar-refractivity contribution in [3.8, 4) is 5.75 Å². The number of carbonyl (C=O) groups excluding carboxylic acids is 2. The molecule has 4 aromatic rings. The summed E-state index contributed by atoms with van der Waals surface area (Å²) in [5.41, 5.74) is 2.81. The van der Waals surface area contributed by atoms with E-state index in [0.29, 0.717) is 22.9 Å². The monoisotopic (exact) mass is 523 g/mol. The van der Waals surface area contributed by atoms with Gasteiger partial charge >= 0.3 is 5.97 Å². The van der Waals surface area contributed by atoms with Crippen molar-refractivity contribution in [3.63, 3.8) is 0 Å². The van der Waals surface area contributed by atoms with Gasteiger partial charge in [0.1, 0.15) is 17.1 Å². The van der Waals surface area contributed by atoms with Gasteiger partial charge in [0.2, 0.25) is 0 Å². The molecule has 200 valence electrons. The number of anilines is 2. The normalized spacial score (nSPS) is 13.7. The van der Waals surface area contributed by atoms with Crippen molar-refractivity contribution in [1.29, 1.82) is 0 Å². The van der Waals surface area contributed by atoms with E-state index in [2.05, 4.69) is 52.7 Å². The van der Waals surface area contributed by atoms with Crippen molar-refractivity contribution in [2.24, 2.45) is 5.92 Å². The number of carbonyl (C=O) groups is 2. The summed E-state index contributed by atoms with van der Waals surface area (Å²) in [5.74, 6) is 1.28. The minimum Gasteiger partial charge on any atom is -0.481 e. The molecule has 1 saturated heterocycles. The standard InChI is InChI=1S/C32H33N3O4/c1-2-38-32(37)26-12-6-7-13-27(26)33-30(36)22-39-28-14-8-11-25-15-16-29(34-31(25)28)35-19-17-24(18-20-35)21-23-9-4-3-5-10-23/h3-16,24H,2,17-22H2,1H3,(H,33,36). The number of ether oxygens (including phenoxy) is 2. The fourth-order valence-corrected chi connectivity index (χ4v) is 5.02. The van der Waals surface area contributed by atoms with Crippen LogP contribution in [0.3, 0.4) is 0 Å². The Morgan fingerprint density at radius 2 is 1.69 bits per heavy atom. The van der Waals surface area contributed by atoms with Crippen molar-refractivity contribution < 1.29 is 19.1 Å². The van der Waals surface area contributed by atoms with Gasteiger partial charge in [-0.2, -0.15) is 0 Å². The summed E-state index contributed by atoms with van der Waals surface area (Å²) in [6.45, 7) is 3.70. The third-order valence-electron chi connectivity index (χ3n) is 7.03. The number of aromatic nitrogens is 1. The molecule has 0 spiro atoms. The molecule has 1 aliphatic heterocycles. The second-order valence-corrected chi connectivity index (χ2v) is 9.72. The number of fused-ring (bicyclic) bond motifs is 1. The Morgan fingerprint density at radius 3 is 2.49 bits per heavy atom. The van der Waals surface area contributed by atoms with Gasteiger partial charge in [0, 0.05) is 18.5 Å². The van der Waals surface area contributed by atoms with Gasteiger partial charge < -0.3 is 19.7 Å². The SMILES string of the molecule is CCOC(=O)c1ccccc1NC(=O)COc1cccc2ccc(N3CCC(Cc4ccccc4)CC3)nc12. The molecule has 0 unspecified atom stereocenters. The molecule has 1 aromatic heterocycles. The number of esters is 1. The summed E-state index contributed by atoms with van der Waals surface area (Å²) in [6, 6.07) is 27.3. The molecule has 0 atom stereocenters. The summed E-state index contributed by atoms with van der Waals surface area (Å²) in [4.78, 5) is 32.2. The van der Waals surface area contributed by atoms with Gasteiger partial charge in [-0.05, 0) is 68.0 Å². The highest BCUT2D eigenvalue weighted by atomic mass is 16.5. The molecule has 1 aliphatic rings. The maximum Gasteiger partial charge on any atom is 0.340 e. The van der Waals surface area contributed by atoms with E-state index in [1.54, 1.807) is 31.2 Å². The van der Waals surface area contributed by atoms with E-state index in [0.717, 1.165) is 49.1 Å². The first-order valence-electron chi connectivity index (χ1n) is 13.5. The predicted octanol–water partition coefficient (Wildman–Crippen LogP) is 5.89. The molecule has 3 aromatic carbocycles. The van der Waals surface area contributed by atoms with Crippen molar-refractivity contribution in [2.45, 2.75) is 26.2 Å². The van der Waals surface area contributed by atoms with Crippen LogP contribution in [0.2, 0.25) is 0 Å². The first-order chi connectivity index (χ1) is 19.1. The zero-order valence-electron chi connectivity index (χ0n) is 22.1. The molecule has 39 heavy (non-hydrogen) atoms. The van der Waals surface area contributed by atoms with Gasteiger partial charge in [-0.3, -0.25) is 4.79 Å². The van der Waals surface area contributed by atoms with E-state index >= 15 is 0 Å². The average Bonchev–Trinajstić information content (AvgIpc) is 2.97. The average molecular weight is 524 g/mol. The number of pyridine rings is 1. The molecule has 1 fully saturated rings. The molecule has 0 aliphatic carbocycles. The van der Waals surface area contributed by atoms with E-state index in [1.807, 2.05) is 18.2 Å². The van der Waals surface area contributed by atoms with Crippen molar-refractivity contribution >= 4 is 34.3 Å². The third kappa shape index (κ3) is 6.55. The van der Waals surface area contributed by atoms with Crippen LogP contribution in [0.4, 0.5) is 11.5 Å². The molecule has 7 nitrogen and oxygen atoms in total. The Hall–Kier alpha value is -4.39. The van der Waals surface area contributed by atoms with Gasteiger partial charge in [0.05, 0.1) is 17.9 Å². The van der Waals surface area contributed by atoms with Gasteiger partial charge in [0.25, 0.3) is 5.91 Å². The van der Waals surface area contributed by atoms with Gasteiger partial charge in [-0.15, -0.1) is 0 Å². The van der Waals surface area contributed by atoms with Crippen molar-refractivity contribution in [2.75, 3.05) is 36.5 Å². The molecule has 7 heteroatoms. The largest absolute Gasteiger partial charge is 0.481 e. The van der Waals surface area contributed by atoms with Crippen LogP contribution in [0.15, 0.2) is 84.9 Å². The highest BCUT2D eigenvalue weighted by molar-refractivity contribution is 6.01. The van der Waals surface area contributed by atoms with E-state index in [-0.39, 0.29) is 19.1 Å². The van der Waals surface area contributed by atoms with Crippen LogP contribution in [-0.4, -0.2) is 43.2 Å². The molecule has 1 N–H and O–H groups in total. The Kier molecular flexibility index (Phi) is 8.36.